The molecule has 1 aromatic heterocycles. The van der Waals surface area contributed by atoms with E-state index in [1.54, 1.807) is 0 Å². The van der Waals surface area contributed by atoms with Crippen molar-refractivity contribution in [2.75, 3.05) is 26.2 Å². The smallest absolute Gasteiger partial charge is 0.193 e. The Hall–Kier alpha value is -2.30. The topological polar surface area (TPSA) is 45.5 Å². The number of benzene rings is 1. The number of hydrogen-bond acceptors (Lipinski definition) is 2. The normalized spacial score (nSPS) is 22.7. The van der Waals surface area contributed by atoms with Crippen LogP contribution in [0.1, 0.15) is 54.7 Å². The first kappa shape index (κ1) is 18.1. The quantitative estimate of drug-likeness (QED) is 0.668. The molecule has 1 aromatic carbocycles. The van der Waals surface area contributed by atoms with Gasteiger partial charge < -0.3 is 10.2 Å². The van der Waals surface area contributed by atoms with Crippen molar-refractivity contribution in [2.24, 2.45) is 12.0 Å². The number of hydrogen-bond donors (Lipinski definition) is 1. The molecule has 1 N–H and O–H groups in total. The minimum absolute atomic E-state index is 0.554. The molecule has 1 fully saturated rings. The lowest BCUT2D eigenvalue weighted by Gasteiger charge is -2.26. The molecule has 2 aliphatic rings. The third-order valence-corrected chi connectivity index (χ3v) is 5.97. The zero-order valence-corrected chi connectivity index (χ0v) is 16.6. The monoisotopic (exact) mass is 365 g/mol. The molecule has 2 aromatic rings. The van der Waals surface area contributed by atoms with Gasteiger partial charge in [0.05, 0.1) is 6.20 Å². The van der Waals surface area contributed by atoms with E-state index in [1.807, 2.05) is 17.9 Å². The van der Waals surface area contributed by atoms with Gasteiger partial charge in [-0.05, 0) is 49.3 Å². The van der Waals surface area contributed by atoms with Crippen molar-refractivity contribution >= 4 is 5.96 Å². The number of rotatable bonds is 4. The predicted molar refractivity (Wildman–Crippen MR) is 110 cm³/mol. The van der Waals surface area contributed by atoms with E-state index >= 15 is 0 Å². The van der Waals surface area contributed by atoms with Crippen LogP contribution < -0.4 is 5.32 Å². The molecular formula is C22H31N5. The van der Waals surface area contributed by atoms with Gasteiger partial charge in [0.1, 0.15) is 0 Å². The van der Waals surface area contributed by atoms with E-state index in [1.165, 1.54) is 42.4 Å². The van der Waals surface area contributed by atoms with Crippen LogP contribution in [-0.4, -0.2) is 46.8 Å². The Labute approximate surface area is 162 Å². The van der Waals surface area contributed by atoms with Gasteiger partial charge in [-0.2, -0.15) is 5.10 Å². The van der Waals surface area contributed by atoms with Crippen LogP contribution >= 0.6 is 0 Å². The van der Waals surface area contributed by atoms with Crippen molar-refractivity contribution in [3.8, 4) is 0 Å². The largest absolute Gasteiger partial charge is 0.357 e. The van der Waals surface area contributed by atoms with E-state index < -0.39 is 0 Å². The van der Waals surface area contributed by atoms with Crippen molar-refractivity contribution in [2.45, 2.75) is 44.4 Å². The highest BCUT2D eigenvalue weighted by molar-refractivity contribution is 5.80. The average molecular weight is 366 g/mol. The van der Waals surface area contributed by atoms with Crippen molar-refractivity contribution in [1.82, 2.24) is 20.0 Å². The molecule has 4 rings (SSSR count). The maximum atomic E-state index is 5.06. The summed E-state index contributed by atoms with van der Waals surface area (Å²) in [5.41, 5.74) is 4.38. The molecule has 2 unspecified atom stereocenters. The Bertz CT molecular complexity index is 794. The molecule has 0 saturated carbocycles. The summed E-state index contributed by atoms with van der Waals surface area (Å²) in [5.74, 6) is 2.19. The molecule has 0 bridgehead atoms. The third-order valence-electron chi connectivity index (χ3n) is 5.97. The number of nitrogens with zero attached hydrogens (tertiary/aromatic N) is 4. The van der Waals surface area contributed by atoms with Gasteiger partial charge in [0, 0.05) is 51.3 Å². The minimum Gasteiger partial charge on any atom is -0.357 e. The average Bonchev–Trinajstić information content (AvgIpc) is 3.34. The van der Waals surface area contributed by atoms with Crippen molar-refractivity contribution in [3.63, 3.8) is 0 Å². The van der Waals surface area contributed by atoms with Crippen LogP contribution in [0.5, 0.6) is 0 Å². The Kier molecular flexibility index (Phi) is 5.46. The van der Waals surface area contributed by atoms with Crippen LogP contribution in [-0.2, 0) is 13.5 Å². The summed E-state index contributed by atoms with van der Waals surface area (Å²) in [4.78, 5) is 7.49. The van der Waals surface area contributed by atoms with E-state index in [2.05, 4.69) is 52.7 Å². The van der Waals surface area contributed by atoms with Crippen LogP contribution in [0.2, 0.25) is 0 Å². The molecule has 0 amide bonds. The van der Waals surface area contributed by atoms with Crippen LogP contribution in [0.4, 0.5) is 0 Å². The summed E-state index contributed by atoms with van der Waals surface area (Å²) in [5, 5.41) is 7.86. The fourth-order valence-electron chi connectivity index (χ4n) is 4.54. The van der Waals surface area contributed by atoms with Gasteiger partial charge in [-0.15, -0.1) is 0 Å². The predicted octanol–water partition coefficient (Wildman–Crippen LogP) is 3.30. The lowest BCUT2D eigenvalue weighted by molar-refractivity contribution is 0.480. The number of aromatic nitrogens is 2. The molecule has 5 nitrogen and oxygen atoms in total. The number of likely N-dealkylation sites (tertiary alicyclic amines) is 1. The van der Waals surface area contributed by atoms with E-state index in [0.29, 0.717) is 11.8 Å². The van der Waals surface area contributed by atoms with Gasteiger partial charge in [0.25, 0.3) is 0 Å². The summed E-state index contributed by atoms with van der Waals surface area (Å²) in [6.07, 6.45) is 9.07. The number of fused-ring (bicyclic) bond motifs is 1. The third kappa shape index (κ3) is 4.02. The summed E-state index contributed by atoms with van der Waals surface area (Å²) in [7, 11) is 1.99. The summed E-state index contributed by atoms with van der Waals surface area (Å²) < 4.78 is 1.90. The molecule has 5 heteroatoms. The SMILES string of the molecule is CCNC(=NCC1CCCc2ccccc21)N1CCC(c2cnn(C)c2)C1. The molecule has 0 radical (unpaired) electrons. The Morgan fingerprint density at radius 1 is 1.30 bits per heavy atom. The molecule has 0 spiro atoms. The van der Waals surface area contributed by atoms with Crippen LogP contribution in [0.25, 0.3) is 0 Å². The molecule has 1 saturated heterocycles. The molecule has 144 valence electrons. The van der Waals surface area contributed by atoms with Crippen molar-refractivity contribution < 1.29 is 0 Å². The summed E-state index contributed by atoms with van der Waals surface area (Å²) in [6.45, 7) is 6.03. The zero-order valence-electron chi connectivity index (χ0n) is 16.6. The Morgan fingerprint density at radius 3 is 3.00 bits per heavy atom. The van der Waals surface area contributed by atoms with Crippen molar-refractivity contribution in [1.29, 1.82) is 0 Å². The number of aliphatic imine (C=N–C) groups is 1. The van der Waals surface area contributed by atoms with Gasteiger partial charge in [0.2, 0.25) is 0 Å². The molecule has 27 heavy (non-hydrogen) atoms. The molecule has 2 heterocycles. The van der Waals surface area contributed by atoms with Gasteiger partial charge >= 0.3 is 0 Å². The minimum atomic E-state index is 0.554. The Morgan fingerprint density at radius 2 is 2.19 bits per heavy atom. The fourth-order valence-corrected chi connectivity index (χ4v) is 4.54. The number of nitrogens with one attached hydrogen (secondary N) is 1. The number of aryl methyl sites for hydroxylation is 2. The number of guanidine groups is 1. The lowest BCUT2D eigenvalue weighted by atomic mass is 9.83. The molecule has 2 atom stereocenters. The maximum Gasteiger partial charge on any atom is 0.193 e. The highest BCUT2D eigenvalue weighted by Crippen LogP contribution is 2.32. The summed E-state index contributed by atoms with van der Waals surface area (Å²) in [6, 6.07) is 8.92. The van der Waals surface area contributed by atoms with E-state index in [0.717, 1.165) is 32.1 Å². The fraction of sp³-hybridized carbons (Fsp3) is 0.545. The molecule has 1 aliphatic heterocycles. The first-order valence-electron chi connectivity index (χ1n) is 10.3. The van der Waals surface area contributed by atoms with E-state index in [9.17, 15) is 0 Å². The maximum absolute atomic E-state index is 5.06. The first-order chi connectivity index (χ1) is 13.2. The lowest BCUT2D eigenvalue weighted by Crippen LogP contribution is -2.40. The highest BCUT2D eigenvalue weighted by atomic mass is 15.3. The van der Waals surface area contributed by atoms with Crippen LogP contribution in [0, 0.1) is 0 Å². The standard InChI is InChI=1S/C22H31N5/c1-3-23-22(27-12-11-19(16-27)20-14-25-26(2)15-20)24-13-18-9-6-8-17-7-4-5-10-21(17)18/h4-5,7,10,14-15,18-19H,3,6,8-9,11-13,16H2,1-2H3,(H,23,24). The zero-order chi connectivity index (χ0) is 18.6. The van der Waals surface area contributed by atoms with Gasteiger partial charge in [0.15, 0.2) is 5.96 Å². The second kappa shape index (κ2) is 8.15. The molecular weight excluding hydrogens is 334 g/mol. The second-order valence-corrected chi connectivity index (χ2v) is 7.86. The van der Waals surface area contributed by atoms with Gasteiger partial charge in [-0.25, -0.2) is 0 Å². The van der Waals surface area contributed by atoms with E-state index in [-0.39, 0.29) is 0 Å². The van der Waals surface area contributed by atoms with Gasteiger partial charge in [-0.1, -0.05) is 24.3 Å². The first-order valence-corrected chi connectivity index (χ1v) is 10.3. The van der Waals surface area contributed by atoms with Crippen LogP contribution in [0.15, 0.2) is 41.7 Å². The molecule has 1 aliphatic carbocycles. The van der Waals surface area contributed by atoms with E-state index in [4.69, 9.17) is 4.99 Å². The Balaban J connectivity index is 1.45. The van der Waals surface area contributed by atoms with Gasteiger partial charge in [-0.3, -0.25) is 9.67 Å². The van der Waals surface area contributed by atoms with Crippen LogP contribution in [0.3, 0.4) is 0 Å². The second-order valence-electron chi connectivity index (χ2n) is 7.86. The van der Waals surface area contributed by atoms with Crippen molar-refractivity contribution in [3.05, 3.63) is 53.3 Å². The summed E-state index contributed by atoms with van der Waals surface area (Å²) >= 11 is 0. The highest BCUT2D eigenvalue weighted by Gasteiger charge is 2.27.